The number of hydrogen-bond acceptors (Lipinski definition) is 5. The number of rotatable bonds is 9. The number of hydrogen-bond donors (Lipinski definition) is 2. The molecule has 224 valence electrons. The molecule has 5 aromatic rings. The average Bonchev–Trinajstić information content (AvgIpc) is 3.64. The number of anilines is 1. The van der Waals surface area contributed by atoms with Crippen LogP contribution in [0.3, 0.4) is 0 Å². The number of carboxylic acids is 1. The van der Waals surface area contributed by atoms with Crippen LogP contribution >= 0.6 is 22.9 Å². The Hall–Kier alpha value is -3.87. The van der Waals surface area contributed by atoms with Crippen LogP contribution < -0.4 is 10.1 Å². The third-order valence-corrected chi connectivity index (χ3v) is 11.2. The number of benzene rings is 3. The molecular formula is C37H35ClN2O3S. The van der Waals surface area contributed by atoms with Gasteiger partial charge in [0.1, 0.15) is 11.3 Å². The summed E-state index contributed by atoms with van der Waals surface area (Å²) in [5.41, 5.74) is 4.65. The van der Waals surface area contributed by atoms with Gasteiger partial charge < -0.3 is 15.2 Å². The zero-order chi connectivity index (χ0) is 30.1. The molecule has 2 atom stereocenters. The molecule has 0 unspecified atom stereocenters. The predicted octanol–water partition coefficient (Wildman–Crippen LogP) is 9.12. The summed E-state index contributed by atoms with van der Waals surface area (Å²) >= 11 is 7.91. The van der Waals surface area contributed by atoms with E-state index in [2.05, 4.69) is 70.3 Å². The van der Waals surface area contributed by atoms with E-state index in [0.717, 1.165) is 47.3 Å². The highest BCUT2D eigenvalue weighted by Crippen LogP contribution is 2.56. The Morgan fingerprint density at radius 3 is 2.59 bits per heavy atom. The average molecular weight is 623 g/mol. The fourth-order valence-electron chi connectivity index (χ4n) is 7.73. The zero-order valence-electron chi connectivity index (χ0n) is 24.4. The van der Waals surface area contributed by atoms with Gasteiger partial charge >= 0.3 is 5.97 Å². The SMILES string of the molecule is O=C(O)C1(Nc2cccc(Cl)c2)CCC2(CC1)c1ccccc1C[C@@H]2C[C@H](COc1ccnc2ccsc12)c1ccccc1. The molecule has 0 amide bonds. The van der Waals surface area contributed by atoms with Crippen molar-refractivity contribution in [1.82, 2.24) is 4.98 Å². The highest BCUT2D eigenvalue weighted by Gasteiger charge is 2.54. The van der Waals surface area contributed by atoms with Crippen molar-refractivity contribution >= 4 is 44.8 Å². The highest BCUT2D eigenvalue weighted by molar-refractivity contribution is 7.17. The number of aromatic nitrogens is 1. The topological polar surface area (TPSA) is 71.5 Å². The van der Waals surface area contributed by atoms with Crippen molar-refractivity contribution in [2.45, 2.75) is 55.4 Å². The molecular weight excluding hydrogens is 588 g/mol. The van der Waals surface area contributed by atoms with Gasteiger partial charge in [-0.05, 0) is 102 Å². The van der Waals surface area contributed by atoms with Gasteiger partial charge in [-0.2, -0.15) is 0 Å². The molecule has 2 aliphatic carbocycles. The van der Waals surface area contributed by atoms with E-state index >= 15 is 0 Å². The third kappa shape index (κ3) is 5.35. The Morgan fingerprint density at radius 1 is 1.00 bits per heavy atom. The lowest BCUT2D eigenvalue weighted by Gasteiger charge is -2.47. The third-order valence-electron chi connectivity index (χ3n) is 10.0. The van der Waals surface area contributed by atoms with Crippen LogP contribution in [0.1, 0.15) is 54.7 Å². The maximum atomic E-state index is 12.8. The van der Waals surface area contributed by atoms with E-state index in [9.17, 15) is 9.90 Å². The van der Waals surface area contributed by atoms with Crippen LogP contribution in [0.15, 0.2) is 103 Å². The van der Waals surface area contributed by atoms with Crippen LogP contribution in [0.25, 0.3) is 10.2 Å². The van der Waals surface area contributed by atoms with Crippen LogP contribution in [0, 0.1) is 5.92 Å². The lowest BCUT2D eigenvalue weighted by Crippen LogP contribution is -2.53. The van der Waals surface area contributed by atoms with E-state index in [1.54, 1.807) is 17.4 Å². The second kappa shape index (κ2) is 11.9. The monoisotopic (exact) mass is 622 g/mol. The normalized spacial score (nSPS) is 23.3. The largest absolute Gasteiger partial charge is 0.491 e. The molecule has 0 aliphatic heterocycles. The van der Waals surface area contributed by atoms with E-state index in [1.807, 2.05) is 36.5 Å². The van der Waals surface area contributed by atoms with Gasteiger partial charge in [0.05, 0.1) is 16.8 Å². The molecule has 44 heavy (non-hydrogen) atoms. The van der Waals surface area contributed by atoms with Crippen LogP contribution in [0.5, 0.6) is 5.75 Å². The van der Waals surface area contributed by atoms with Crippen LogP contribution in [-0.4, -0.2) is 28.2 Å². The summed E-state index contributed by atoms with van der Waals surface area (Å²) in [6.45, 7) is 0.569. The fraction of sp³-hybridized carbons (Fsp3) is 0.297. The van der Waals surface area contributed by atoms with E-state index in [1.165, 1.54) is 16.7 Å². The van der Waals surface area contributed by atoms with Crippen molar-refractivity contribution in [3.05, 3.63) is 124 Å². The molecule has 2 heterocycles. The number of halogens is 1. The van der Waals surface area contributed by atoms with Crippen molar-refractivity contribution in [3.8, 4) is 5.75 Å². The van der Waals surface area contributed by atoms with Gasteiger partial charge in [-0.1, -0.05) is 72.3 Å². The summed E-state index contributed by atoms with van der Waals surface area (Å²) in [5.74, 6) is 0.631. The Bertz CT molecular complexity index is 1780. The Morgan fingerprint density at radius 2 is 1.80 bits per heavy atom. The van der Waals surface area contributed by atoms with E-state index < -0.39 is 11.5 Å². The molecule has 3 aromatic carbocycles. The van der Waals surface area contributed by atoms with Gasteiger partial charge in [-0.3, -0.25) is 4.98 Å². The minimum atomic E-state index is -1.03. The molecule has 7 heteroatoms. The standard InChI is InChI=1S/C37H35ClN2O3S/c38-29-10-6-11-30(23-29)40-37(35(41)42)17-15-36(16-18-37)28(21-26-9-4-5-12-31(26)36)22-27(25-7-2-1-3-8-25)24-43-33-13-19-39-32-14-20-44-34(32)33/h1-14,19-20,23,27-28,40H,15-18,21-22,24H2,(H,41,42)/t27-,28-,36?,37?/m1/s1. The number of carbonyl (C=O) groups is 1. The molecule has 5 nitrogen and oxygen atoms in total. The quantitative estimate of drug-likeness (QED) is 0.171. The zero-order valence-corrected chi connectivity index (χ0v) is 26.0. The molecule has 0 radical (unpaired) electrons. The molecule has 1 spiro atoms. The van der Waals surface area contributed by atoms with Gasteiger partial charge in [0.25, 0.3) is 0 Å². The number of carboxylic acid groups (broad SMARTS) is 1. The van der Waals surface area contributed by atoms with Gasteiger partial charge in [0, 0.05) is 22.8 Å². The first-order chi connectivity index (χ1) is 21.5. The lowest BCUT2D eigenvalue weighted by atomic mass is 9.59. The number of thiophene rings is 1. The lowest BCUT2D eigenvalue weighted by molar-refractivity contribution is -0.144. The van der Waals surface area contributed by atoms with Gasteiger partial charge in [0.15, 0.2) is 0 Å². The molecule has 2 aliphatic rings. The first-order valence-electron chi connectivity index (χ1n) is 15.3. The van der Waals surface area contributed by atoms with E-state index in [-0.39, 0.29) is 11.3 Å². The molecule has 0 saturated heterocycles. The second-order valence-electron chi connectivity index (χ2n) is 12.3. The number of nitrogens with one attached hydrogen (secondary N) is 1. The maximum absolute atomic E-state index is 12.8. The summed E-state index contributed by atoms with van der Waals surface area (Å²) < 4.78 is 7.65. The van der Waals surface area contributed by atoms with Gasteiger partial charge in [-0.25, -0.2) is 4.79 Å². The molecule has 0 bridgehead atoms. The van der Waals surface area contributed by atoms with E-state index in [0.29, 0.717) is 30.4 Å². The van der Waals surface area contributed by atoms with Crippen molar-refractivity contribution in [2.24, 2.45) is 5.92 Å². The molecule has 7 rings (SSSR count). The first-order valence-corrected chi connectivity index (χ1v) is 16.6. The number of fused-ring (bicyclic) bond motifs is 3. The molecule has 2 N–H and O–H groups in total. The van der Waals surface area contributed by atoms with E-state index in [4.69, 9.17) is 16.3 Å². The number of ether oxygens (including phenoxy) is 1. The van der Waals surface area contributed by atoms with Crippen molar-refractivity contribution in [1.29, 1.82) is 0 Å². The minimum Gasteiger partial charge on any atom is -0.491 e. The number of aliphatic carboxylic acids is 1. The Kier molecular flexibility index (Phi) is 7.81. The summed E-state index contributed by atoms with van der Waals surface area (Å²) in [5, 5.41) is 16.6. The van der Waals surface area contributed by atoms with Crippen molar-refractivity contribution in [2.75, 3.05) is 11.9 Å². The van der Waals surface area contributed by atoms with Crippen molar-refractivity contribution in [3.63, 3.8) is 0 Å². The van der Waals surface area contributed by atoms with Crippen molar-refractivity contribution < 1.29 is 14.6 Å². The Labute approximate surface area is 266 Å². The van der Waals surface area contributed by atoms with Gasteiger partial charge in [0.2, 0.25) is 0 Å². The predicted molar refractivity (Wildman–Crippen MR) is 178 cm³/mol. The van der Waals surface area contributed by atoms with Crippen LogP contribution in [-0.2, 0) is 16.6 Å². The second-order valence-corrected chi connectivity index (χ2v) is 13.7. The van der Waals surface area contributed by atoms with Gasteiger partial charge in [-0.15, -0.1) is 11.3 Å². The molecule has 1 saturated carbocycles. The van der Waals surface area contributed by atoms with Crippen LogP contribution in [0.4, 0.5) is 5.69 Å². The highest BCUT2D eigenvalue weighted by atomic mass is 35.5. The minimum absolute atomic E-state index is 0.0870. The summed E-state index contributed by atoms with van der Waals surface area (Å²) in [6, 6.07) is 30.9. The summed E-state index contributed by atoms with van der Waals surface area (Å²) in [4.78, 5) is 17.3. The molecule has 1 fully saturated rings. The smallest absolute Gasteiger partial charge is 0.329 e. The number of nitrogens with zero attached hydrogens (tertiary/aromatic N) is 1. The molecule has 2 aromatic heterocycles. The fourth-order valence-corrected chi connectivity index (χ4v) is 8.74. The summed E-state index contributed by atoms with van der Waals surface area (Å²) in [7, 11) is 0. The maximum Gasteiger partial charge on any atom is 0.329 e. The Balaban J connectivity index is 1.18. The first kappa shape index (κ1) is 28.9. The van der Waals surface area contributed by atoms with Crippen LogP contribution in [0.2, 0.25) is 5.02 Å². The number of pyridine rings is 1. The summed E-state index contributed by atoms with van der Waals surface area (Å²) in [6.07, 6.45) is 6.46.